The monoisotopic (exact) mass is 252 g/mol. The summed E-state index contributed by atoms with van der Waals surface area (Å²) < 4.78 is -1.28. The van der Waals surface area contributed by atoms with E-state index in [2.05, 4.69) is 13.8 Å². The van der Waals surface area contributed by atoms with Gasteiger partial charge in [-0.05, 0) is 0 Å². The van der Waals surface area contributed by atoms with Gasteiger partial charge in [0.1, 0.15) is 0 Å². The second-order valence-corrected chi connectivity index (χ2v) is 5.24. The number of unbranched alkanes of at least 4 members (excludes halogenated alkanes) is 3. The van der Waals surface area contributed by atoms with Crippen molar-refractivity contribution in [3.8, 4) is 0 Å². The summed E-state index contributed by atoms with van der Waals surface area (Å²) in [5, 5.41) is 0. The molecular weight excluding hydrogens is 238 g/mol. The van der Waals surface area contributed by atoms with Gasteiger partial charge in [0.05, 0.1) is 5.88 Å². The third-order valence-electron chi connectivity index (χ3n) is 1.11. The Balaban J connectivity index is 0. The Morgan fingerprint density at radius 3 is 1.25 bits per heavy atom. The van der Waals surface area contributed by atoms with Crippen molar-refractivity contribution in [3.05, 3.63) is 0 Å². The summed E-state index contributed by atoms with van der Waals surface area (Å²) >= 11 is 20.4. The maximum Gasteiger partial charge on any atom is 0.203 e. The summed E-state index contributed by atoms with van der Waals surface area (Å²) in [6.45, 7) is 4.46. The molecule has 0 aromatic rings. The zero-order valence-electron chi connectivity index (χ0n) is 7.55. The van der Waals surface area contributed by atoms with Crippen LogP contribution in [0.3, 0.4) is 0 Å². The van der Waals surface area contributed by atoms with Gasteiger partial charge in [-0.3, -0.25) is 0 Å². The fourth-order valence-electron chi connectivity index (χ4n) is 0.500. The van der Waals surface area contributed by atoms with Gasteiger partial charge in [0.15, 0.2) is 0 Å². The van der Waals surface area contributed by atoms with Crippen LogP contribution in [0.5, 0.6) is 0 Å². The van der Waals surface area contributed by atoms with Crippen LogP contribution in [-0.2, 0) is 0 Å². The molecule has 0 N–H and O–H groups in total. The molecule has 4 heteroatoms. The van der Waals surface area contributed by atoms with Gasteiger partial charge in [-0.2, -0.15) is 0 Å². The Hall–Kier alpha value is 1.16. The Kier molecular flexibility index (Phi) is 13.3. The number of halogens is 4. The molecule has 0 aromatic heterocycles. The first-order valence-corrected chi connectivity index (χ1v) is 5.77. The normalized spacial score (nSPS) is 10.5. The van der Waals surface area contributed by atoms with Crippen LogP contribution in [0.4, 0.5) is 0 Å². The predicted molar refractivity (Wildman–Crippen MR) is 60.8 cm³/mol. The Morgan fingerprint density at radius 2 is 1.17 bits per heavy atom. The lowest BCUT2D eigenvalue weighted by Gasteiger charge is -2.00. The number of rotatable bonds is 3. The fourth-order valence-corrected chi connectivity index (χ4v) is 0.500. The average Bonchev–Trinajstić information content (AvgIpc) is 2.01. The third kappa shape index (κ3) is 22.5. The molecule has 0 rings (SSSR count). The Labute approximate surface area is 95.5 Å². The highest BCUT2D eigenvalue weighted by Gasteiger charge is 2.16. The van der Waals surface area contributed by atoms with Gasteiger partial charge in [0, 0.05) is 0 Å². The van der Waals surface area contributed by atoms with Crippen molar-refractivity contribution in [2.45, 2.75) is 43.3 Å². The Morgan fingerprint density at radius 1 is 0.917 bits per heavy atom. The van der Waals surface area contributed by atoms with Crippen LogP contribution in [0.2, 0.25) is 0 Å². The lowest BCUT2D eigenvalue weighted by Crippen LogP contribution is -2.01. The SMILES string of the molecule is CCCCCC.ClCC(Cl)(Cl)Cl. The molecule has 0 fully saturated rings. The molecule has 0 radical (unpaired) electrons. The fraction of sp³-hybridized carbons (Fsp3) is 1.00. The summed E-state index contributed by atoms with van der Waals surface area (Å²) in [6.07, 6.45) is 5.54. The summed E-state index contributed by atoms with van der Waals surface area (Å²) in [5.41, 5.74) is 0. The minimum absolute atomic E-state index is 0.0394. The topological polar surface area (TPSA) is 0 Å². The van der Waals surface area contributed by atoms with Gasteiger partial charge in [-0.1, -0.05) is 74.3 Å². The summed E-state index contributed by atoms with van der Waals surface area (Å²) in [4.78, 5) is 0. The summed E-state index contributed by atoms with van der Waals surface area (Å²) in [5.74, 6) is 0.0394. The lowest BCUT2D eigenvalue weighted by atomic mass is 10.2. The Bertz CT molecular complexity index is 73.6. The van der Waals surface area contributed by atoms with Crippen molar-refractivity contribution < 1.29 is 0 Å². The minimum Gasteiger partial charge on any atom is -0.122 e. The molecule has 0 amide bonds. The van der Waals surface area contributed by atoms with E-state index in [-0.39, 0.29) is 5.88 Å². The standard InChI is InChI=1S/C6H14.C2H2Cl4/c1-3-5-6-4-2;3-1-2(4,5)6/h3-6H2,1-2H3;1H2. The zero-order chi connectivity index (χ0) is 10.0. The first kappa shape index (κ1) is 15.6. The van der Waals surface area contributed by atoms with Crippen LogP contribution in [-0.4, -0.2) is 9.67 Å². The van der Waals surface area contributed by atoms with Gasteiger partial charge in [-0.25, -0.2) is 0 Å². The maximum atomic E-state index is 5.12. The van der Waals surface area contributed by atoms with Crippen molar-refractivity contribution in [2.75, 3.05) is 5.88 Å². The van der Waals surface area contributed by atoms with Crippen LogP contribution in [0.15, 0.2) is 0 Å². The van der Waals surface area contributed by atoms with Gasteiger partial charge in [-0.15, -0.1) is 11.6 Å². The molecule has 0 aromatic carbocycles. The highest BCUT2D eigenvalue weighted by molar-refractivity contribution is 6.69. The van der Waals surface area contributed by atoms with E-state index in [1.54, 1.807) is 0 Å². The lowest BCUT2D eigenvalue weighted by molar-refractivity contribution is 0.702. The quantitative estimate of drug-likeness (QED) is 0.480. The van der Waals surface area contributed by atoms with Gasteiger partial charge >= 0.3 is 0 Å². The van der Waals surface area contributed by atoms with Crippen LogP contribution in [0.1, 0.15) is 39.5 Å². The second-order valence-electron chi connectivity index (χ2n) is 2.46. The molecule has 12 heavy (non-hydrogen) atoms. The van der Waals surface area contributed by atoms with Crippen LogP contribution in [0, 0.1) is 0 Å². The van der Waals surface area contributed by atoms with Crippen LogP contribution in [0.25, 0.3) is 0 Å². The van der Waals surface area contributed by atoms with E-state index < -0.39 is 3.79 Å². The highest BCUT2D eigenvalue weighted by Crippen LogP contribution is 2.26. The average molecular weight is 254 g/mol. The third-order valence-corrected chi connectivity index (χ3v) is 2.32. The molecule has 0 nitrogen and oxygen atoms in total. The first-order valence-electron chi connectivity index (χ1n) is 4.10. The van der Waals surface area contributed by atoms with E-state index in [1.807, 2.05) is 0 Å². The van der Waals surface area contributed by atoms with Crippen molar-refractivity contribution in [1.82, 2.24) is 0 Å². The maximum absolute atomic E-state index is 5.12. The van der Waals surface area contributed by atoms with E-state index in [0.717, 1.165) is 0 Å². The van der Waals surface area contributed by atoms with Crippen molar-refractivity contribution in [1.29, 1.82) is 0 Å². The molecule has 0 aliphatic heterocycles. The number of alkyl halides is 4. The molecule has 0 heterocycles. The van der Waals surface area contributed by atoms with Crippen molar-refractivity contribution in [2.24, 2.45) is 0 Å². The smallest absolute Gasteiger partial charge is 0.122 e. The largest absolute Gasteiger partial charge is 0.203 e. The van der Waals surface area contributed by atoms with Crippen molar-refractivity contribution in [3.63, 3.8) is 0 Å². The van der Waals surface area contributed by atoms with E-state index >= 15 is 0 Å². The molecule has 0 aliphatic carbocycles. The molecule has 0 unspecified atom stereocenters. The number of hydrogen-bond donors (Lipinski definition) is 0. The molecule has 0 atom stereocenters. The minimum atomic E-state index is -1.28. The van der Waals surface area contributed by atoms with E-state index in [4.69, 9.17) is 46.4 Å². The molecule has 76 valence electrons. The molecule has 0 spiro atoms. The summed E-state index contributed by atoms with van der Waals surface area (Å²) in [7, 11) is 0. The van der Waals surface area contributed by atoms with Crippen molar-refractivity contribution >= 4 is 46.4 Å². The van der Waals surface area contributed by atoms with E-state index in [9.17, 15) is 0 Å². The second kappa shape index (κ2) is 10.2. The summed E-state index contributed by atoms with van der Waals surface area (Å²) in [6, 6.07) is 0. The first-order chi connectivity index (χ1) is 5.47. The molecule has 0 saturated carbocycles. The molecule has 0 bridgehead atoms. The van der Waals surface area contributed by atoms with Gasteiger partial charge in [0.25, 0.3) is 0 Å². The highest BCUT2D eigenvalue weighted by atomic mass is 35.6. The van der Waals surface area contributed by atoms with E-state index in [0.29, 0.717) is 0 Å². The predicted octanol–water partition coefficient (Wildman–Crippen LogP) is 5.18. The molecule has 0 aliphatic rings. The van der Waals surface area contributed by atoms with Gasteiger partial charge < -0.3 is 0 Å². The molecule has 0 saturated heterocycles. The van der Waals surface area contributed by atoms with E-state index in [1.165, 1.54) is 25.7 Å². The number of hydrogen-bond acceptors (Lipinski definition) is 0. The van der Waals surface area contributed by atoms with Gasteiger partial charge in [0.2, 0.25) is 3.79 Å². The molecular formula is C8H16Cl4. The van der Waals surface area contributed by atoms with Crippen LogP contribution >= 0.6 is 46.4 Å². The van der Waals surface area contributed by atoms with Crippen LogP contribution < -0.4 is 0 Å². The zero-order valence-corrected chi connectivity index (χ0v) is 10.6.